The number of aryl methyl sites for hydroxylation is 1. The van der Waals surface area contributed by atoms with Crippen LogP contribution in [0.25, 0.3) is 0 Å². The van der Waals surface area contributed by atoms with Crippen LogP contribution in [-0.4, -0.2) is 79.9 Å². The molecule has 0 saturated carbocycles. The highest BCUT2D eigenvalue weighted by atomic mass is 19.1. The van der Waals surface area contributed by atoms with E-state index in [1.165, 1.54) is 12.1 Å². The zero-order valence-corrected chi connectivity index (χ0v) is 17.1. The lowest BCUT2D eigenvalue weighted by Crippen LogP contribution is -2.50. The molecule has 30 heavy (non-hydrogen) atoms. The predicted molar refractivity (Wildman–Crippen MR) is 110 cm³/mol. The summed E-state index contributed by atoms with van der Waals surface area (Å²) in [5.74, 6) is 1.08. The average Bonchev–Trinajstić information content (AvgIpc) is 2.78. The summed E-state index contributed by atoms with van der Waals surface area (Å²) in [7, 11) is 0. The third-order valence-corrected chi connectivity index (χ3v) is 5.27. The van der Waals surface area contributed by atoms with Gasteiger partial charge in [-0.15, -0.1) is 0 Å². The zero-order chi connectivity index (χ0) is 20.9. The van der Waals surface area contributed by atoms with Gasteiger partial charge in [0.2, 0.25) is 5.95 Å². The molecule has 8 nitrogen and oxygen atoms in total. The maximum absolute atomic E-state index is 13.6. The maximum atomic E-state index is 13.6. The van der Waals surface area contributed by atoms with Crippen molar-refractivity contribution < 1.29 is 18.7 Å². The quantitative estimate of drug-likeness (QED) is 0.733. The molecule has 0 unspecified atom stereocenters. The van der Waals surface area contributed by atoms with E-state index in [9.17, 15) is 9.18 Å². The number of nitrogens with zero attached hydrogens (tertiary/aromatic N) is 5. The van der Waals surface area contributed by atoms with Gasteiger partial charge in [0.1, 0.15) is 5.82 Å². The van der Waals surface area contributed by atoms with Gasteiger partial charge in [-0.3, -0.25) is 4.79 Å². The highest BCUT2D eigenvalue weighted by molar-refractivity contribution is 5.78. The molecule has 2 fully saturated rings. The summed E-state index contributed by atoms with van der Waals surface area (Å²) in [6.07, 6.45) is 0. The summed E-state index contributed by atoms with van der Waals surface area (Å²) < 4.78 is 24.4. The molecule has 2 saturated heterocycles. The van der Waals surface area contributed by atoms with Crippen LogP contribution < -0.4 is 14.5 Å². The Morgan fingerprint density at radius 3 is 2.53 bits per heavy atom. The third-order valence-electron chi connectivity index (χ3n) is 5.27. The first-order valence-corrected chi connectivity index (χ1v) is 10.2. The summed E-state index contributed by atoms with van der Waals surface area (Å²) in [4.78, 5) is 27.8. The van der Waals surface area contributed by atoms with E-state index in [4.69, 9.17) is 14.5 Å². The summed E-state index contributed by atoms with van der Waals surface area (Å²) in [5.41, 5.74) is 0.915. The number of morpholine rings is 1. The number of para-hydroxylation sites is 1. The normalized spacial score (nSPS) is 17.2. The molecule has 0 atom stereocenters. The van der Waals surface area contributed by atoms with Gasteiger partial charge in [0.25, 0.3) is 5.91 Å². The van der Waals surface area contributed by atoms with Crippen molar-refractivity contribution in [3.8, 4) is 5.75 Å². The van der Waals surface area contributed by atoms with E-state index in [-0.39, 0.29) is 18.3 Å². The minimum absolute atomic E-state index is 0.0941. The molecule has 2 aromatic rings. The van der Waals surface area contributed by atoms with Crippen LogP contribution in [0, 0.1) is 12.7 Å². The predicted octanol–water partition coefficient (Wildman–Crippen LogP) is 1.49. The van der Waals surface area contributed by atoms with Crippen LogP contribution in [0.4, 0.5) is 16.2 Å². The summed E-state index contributed by atoms with van der Waals surface area (Å²) in [6.45, 7) is 7.20. The molecule has 0 bridgehead atoms. The smallest absolute Gasteiger partial charge is 0.260 e. The summed E-state index contributed by atoms with van der Waals surface area (Å²) in [5, 5.41) is 0. The van der Waals surface area contributed by atoms with Gasteiger partial charge in [-0.2, -0.15) is 4.98 Å². The van der Waals surface area contributed by atoms with E-state index in [1.807, 2.05) is 13.0 Å². The Morgan fingerprint density at radius 1 is 1.07 bits per heavy atom. The van der Waals surface area contributed by atoms with E-state index in [1.54, 1.807) is 17.0 Å². The number of hydrogen-bond donors (Lipinski definition) is 0. The van der Waals surface area contributed by atoms with Crippen molar-refractivity contribution in [2.45, 2.75) is 6.92 Å². The molecular weight excluding hydrogens is 389 g/mol. The molecule has 2 aliphatic rings. The topological polar surface area (TPSA) is 71.0 Å². The van der Waals surface area contributed by atoms with Gasteiger partial charge in [-0.25, -0.2) is 9.37 Å². The number of anilines is 2. The number of rotatable bonds is 5. The Balaban J connectivity index is 1.33. The molecule has 0 spiro atoms. The van der Waals surface area contributed by atoms with Crippen molar-refractivity contribution in [1.82, 2.24) is 14.9 Å². The van der Waals surface area contributed by atoms with Crippen molar-refractivity contribution >= 4 is 17.7 Å². The van der Waals surface area contributed by atoms with Crippen molar-refractivity contribution in [3.63, 3.8) is 0 Å². The maximum Gasteiger partial charge on any atom is 0.260 e. The van der Waals surface area contributed by atoms with Crippen LogP contribution in [-0.2, 0) is 9.53 Å². The van der Waals surface area contributed by atoms with Gasteiger partial charge in [0.05, 0.1) is 13.2 Å². The Bertz CT molecular complexity index is 883. The van der Waals surface area contributed by atoms with E-state index < -0.39 is 5.82 Å². The number of amides is 1. The van der Waals surface area contributed by atoms with Gasteiger partial charge < -0.3 is 24.2 Å². The van der Waals surface area contributed by atoms with E-state index in [2.05, 4.69) is 14.8 Å². The average molecular weight is 415 g/mol. The number of benzene rings is 1. The molecule has 2 aliphatic heterocycles. The first-order valence-electron chi connectivity index (χ1n) is 10.2. The molecule has 1 amide bonds. The number of ether oxygens (including phenoxy) is 2. The second kappa shape index (κ2) is 9.25. The minimum Gasteiger partial charge on any atom is -0.481 e. The molecule has 0 radical (unpaired) electrons. The fraction of sp³-hybridized carbons (Fsp3) is 0.476. The first-order chi connectivity index (χ1) is 14.6. The third kappa shape index (κ3) is 4.79. The fourth-order valence-electron chi connectivity index (χ4n) is 3.58. The molecule has 0 N–H and O–H groups in total. The Morgan fingerprint density at radius 2 is 1.80 bits per heavy atom. The van der Waals surface area contributed by atoms with E-state index in [0.717, 1.165) is 30.5 Å². The van der Waals surface area contributed by atoms with Gasteiger partial charge in [-0.05, 0) is 19.1 Å². The van der Waals surface area contributed by atoms with Crippen LogP contribution in [0.1, 0.15) is 5.69 Å². The van der Waals surface area contributed by atoms with E-state index in [0.29, 0.717) is 39.4 Å². The molecular formula is C21H26FN5O3. The number of carbonyl (C=O) groups excluding carboxylic acids is 1. The van der Waals surface area contributed by atoms with Gasteiger partial charge in [-0.1, -0.05) is 12.1 Å². The van der Waals surface area contributed by atoms with Crippen LogP contribution in [0.5, 0.6) is 5.75 Å². The standard InChI is InChI=1S/C21H26FN5O3/c1-16-14-19(24-21(23-16)27-10-12-29-13-11-27)25-6-8-26(9-7-25)20(28)15-30-18-5-3-2-4-17(18)22/h2-5,14H,6-13,15H2,1H3. The Kier molecular flexibility index (Phi) is 6.27. The van der Waals surface area contributed by atoms with Crippen molar-refractivity contribution in [2.75, 3.05) is 68.9 Å². The monoisotopic (exact) mass is 415 g/mol. The lowest BCUT2D eigenvalue weighted by atomic mass is 10.3. The molecule has 0 aliphatic carbocycles. The molecule has 9 heteroatoms. The fourth-order valence-corrected chi connectivity index (χ4v) is 3.58. The SMILES string of the molecule is Cc1cc(N2CCN(C(=O)COc3ccccc3F)CC2)nc(N2CCOCC2)n1. The van der Waals surface area contributed by atoms with Crippen LogP contribution >= 0.6 is 0 Å². The lowest BCUT2D eigenvalue weighted by Gasteiger charge is -2.36. The highest BCUT2D eigenvalue weighted by Crippen LogP contribution is 2.20. The summed E-state index contributed by atoms with van der Waals surface area (Å²) in [6, 6.07) is 8.07. The molecule has 3 heterocycles. The number of aromatic nitrogens is 2. The van der Waals surface area contributed by atoms with Crippen molar-refractivity contribution in [2.24, 2.45) is 0 Å². The first kappa shape index (κ1) is 20.3. The Hall–Kier alpha value is -2.94. The molecule has 1 aromatic heterocycles. The highest BCUT2D eigenvalue weighted by Gasteiger charge is 2.24. The van der Waals surface area contributed by atoms with Gasteiger partial charge in [0, 0.05) is 51.0 Å². The van der Waals surface area contributed by atoms with E-state index >= 15 is 0 Å². The largest absolute Gasteiger partial charge is 0.481 e. The molecule has 1 aromatic carbocycles. The Labute approximate surface area is 175 Å². The number of carbonyl (C=O) groups is 1. The lowest BCUT2D eigenvalue weighted by molar-refractivity contribution is -0.133. The van der Waals surface area contributed by atoms with Crippen LogP contribution in [0.3, 0.4) is 0 Å². The number of piperazine rings is 1. The van der Waals surface area contributed by atoms with Crippen LogP contribution in [0.15, 0.2) is 30.3 Å². The second-order valence-corrected chi connectivity index (χ2v) is 7.35. The second-order valence-electron chi connectivity index (χ2n) is 7.35. The van der Waals surface area contributed by atoms with Crippen molar-refractivity contribution in [1.29, 1.82) is 0 Å². The zero-order valence-electron chi connectivity index (χ0n) is 17.1. The van der Waals surface area contributed by atoms with Gasteiger partial charge >= 0.3 is 0 Å². The molecule has 4 rings (SSSR count). The number of hydrogen-bond acceptors (Lipinski definition) is 7. The van der Waals surface area contributed by atoms with Crippen LogP contribution in [0.2, 0.25) is 0 Å². The summed E-state index contributed by atoms with van der Waals surface area (Å²) >= 11 is 0. The van der Waals surface area contributed by atoms with Gasteiger partial charge in [0.15, 0.2) is 18.2 Å². The minimum atomic E-state index is -0.467. The molecule has 160 valence electrons. The number of halogens is 1. The van der Waals surface area contributed by atoms with Crippen molar-refractivity contribution in [3.05, 3.63) is 41.8 Å².